The van der Waals surface area contributed by atoms with Crippen LogP contribution in [0.25, 0.3) is 0 Å². The van der Waals surface area contributed by atoms with Crippen LogP contribution in [0.5, 0.6) is 0 Å². The third kappa shape index (κ3) is 3.38. The minimum Gasteiger partial charge on any atom is -0.323 e. The molecule has 0 saturated heterocycles. The Bertz CT molecular complexity index is 476. The lowest BCUT2D eigenvalue weighted by molar-refractivity contribution is -0.290. The van der Waals surface area contributed by atoms with Crippen LogP contribution in [-0.2, 0) is 0 Å². The van der Waals surface area contributed by atoms with E-state index in [9.17, 15) is 35.1 Å². The van der Waals surface area contributed by atoms with Gasteiger partial charge >= 0.3 is 12.4 Å². The summed E-state index contributed by atoms with van der Waals surface area (Å²) in [6.07, 6.45) is -11.4. The molecule has 0 heterocycles. The van der Waals surface area contributed by atoms with Crippen LogP contribution in [0, 0.1) is 24.5 Å². The molecule has 0 aromatic heterocycles. The molecule has 0 spiro atoms. The fourth-order valence-corrected chi connectivity index (χ4v) is 1.71. The first-order chi connectivity index (χ1) is 8.85. The van der Waals surface area contributed by atoms with Gasteiger partial charge < -0.3 is 5.73 Å². The van der Waals surface area contributed by atoms with Crippen LogP contribution in [0.4, 0.5) is 35.1 Å². The van der Waals surface area contributed by atoms with Crippen molar-refractivity contribution in [1.82, 2.24) is 0 Å². The highest BCUT2D eigenvalue weighted by Crippen LogP contribution is 2.45. The van der Waals surface area contributed by atoms with E-state index in [1.54, 1.807) is 0 Å². The van der Waals surface area contributed by atoms with E-state index in [1.807, 2.05) is 0 Å². The third-order valence-corrected chi connectivity index (χ3v) is 2.70. The highest BCUT2D eigenvalue weighted by atomic mass is 19.4. The van der Waals surface area contributed by atoms with E-state index in [0.29, 0.717) is 6.07 Å². The van der Waals surface area contributed by atoms with Gasteiger partial charge in [0.25, 0.3) is 0 Å². The summed E-state index contributed by atoms with van der Waals surface area (Å²) in [5.41, 5.74) is 3.58. The zero-order valence-electron chi connectivity index (χ0n) is 9.91. The average molecular weight is 307 g/mol. The van der Waals surface area contributed by atoms with Gasteiger partial charge in [-0.2, -0.15) is 26.3 Å². The number of hydrogen-bond donors (Lipinski definition) is 1. The summed E-state index contributed by atoms with van der Waals surface area (Å²) in [5.74, 6) is -6.58. The van der Waals surface area contributed by atoms with Crippen LogP contribution >= 0.6 is 0 Å². The molecule has 1 atom stereocenters. The molecule has 0 aliphatic heterocycles. The van der Waals surface area contributed by atoms with Gasteiger partial charge in [-0.05, 0) is 18.6 Å². The first kappa shape index (κ1) is 16.7. The molecule has 2 N–H and O–H groups in total. The maximum atomic E-state index is 13.4. The maximum absolute atomic E-state index is 13.4. The van der Waals surface area contributed by atoms with Crippen molar-refractivity contribution >= 4 is 0 Å². The maximum Gasteiger partial charge on any atom is 0.402 e. The lowest BCUT2D eigenvalue weighted by Gasteiger charge is -2.28. The standard InChI is InChI=1S/C11H9F8N/c1-4-2-5(7(13)3-6(4)12)8(20)9(10(14,15)16)11(17,18)19/h2-3,8-9H,20H2,1H3. The van der Waals surface area contributed by atoms with Gasteiger partial charge in [0.1, 0.15) is 11.6 Å². The van der Waals surface area contributed by atoms with E-state index in [1.165, 1.54) is 0 Å². The fraction of sp³-hybridized carbons (Fsp3) is 0.455. The minimum absolute atomic E-state index is 0.203. The second-order valence-electron chi connectivity index (χ2n) is 4.21. The second-order valence-corrected chi connectivity index (χ2v) is 4.21. The number of nitrogens with two attached hydrogens (primary N) is 1. The van der Waals surface area contributed by atoms with Crippen molar-refractivity contribution in [2.45, 2.75) is 25.3 Å². The van der Waals surface area contributed by atoms with Crippen molar-refractivity contribution in [3.63, 3.8) is 0 Å². The molecule has 1 unspecified atom stereocenters. The highest BCUT2D eigenvalue weighted by molar-refractivity contribution is 5.29. The summed E-state index contributed by atoms with van der Waals surface area (Å²) >= 11 is 0. The van der Waals surface area contributed by atoms with E-state index in [4.69, 9.17) is 5.73 Å². The number of hydrogen-bond acceptors (Lipinski definition) is 1. The van der Waals surface area contributed by atoms with Crippen molar-refractivity contribution in [1.29, 1.82) is 0 Å². The van der Waals surface area contributed by atoms with Gasteiger partial charge in [0.05, 0.1) is 6.04 Å². The summed E-state index contributed by atoms with van der Waals surface area (Å²) in [5, 5.41) is 0. The van der Waals surface area contributed by atoms with Gasteiger partial charge in [-0.25, -0.2) is 8.78 Å². The van der Waals surface area contributed by atoms with Crippen molar-refractivity contribution in [3.8, 4) is 0 Å². The molecule has 1 rings (SSSR count). The van der Waals surface area contributed by atoms with E-state index in [0.717, 1.165) is 6.92 Å². The number of benzene rings is 1. The van der Waals surface area contributed by atoms with E-state index < -0.39 is 41.5 Å². The molecule has 20 heavy (non-hydrogen) atoms. The van der Waals surface area contributed by atoms with Gasteiger partial charge in [-0.1, -0.05) is 0 Å². The van der Waals surface area contributed by atoms with Gasteiger partial charge in [0.2, 0.25) is 0 Å². The topological polar surface area (TPSA) is 26.0 Å². The summed E-state index contributed by atoms with van der Waals surface area (Å²) in [7, 11) is 0. The molecule has 0 fully saturated rings. The van der Waals surface area contributed by atoms with E-state index >= 15 is 0 Å². The lowest BCUT2D eigenvalue weighted by Crippen LogP contribution is -2.44. The first-order valence-electron chi connectivity index (χ1n) is 5.20. The van der Waals surface area contributed by atoms with Crippen LogP contribution in [-0.4, -0.2) is 12.4 Å². The molecule has 1 aromatic carbocycles. The molecule has 1 nitrogen and oxygen atoms in total. The fourth-order valence-electron chi connectivity index (χ4n) is 1.71. The molecule has 0 amide bonds. The molecule has 0 saturated carbocycles. The van der Waals surface area contributed by atoms with Gasteiger partial charge in [0, 0.05) is 11.6 Å². The van der Waals surface area contributed by atoms with Crippen LogP contribution in [0.1, 0.15) is 17.2 Å². The zero-order valence-corrected chi connectivity index (χ0v) is 9.91. The first-order valence-corrected chi connectivity index (χ1v) is 5.20. The largest absolute Gasteiger partial charge is 0.402 e. The molecule has 114 valence electrons. The average Bonchev–Trinajstić information content (AvgIpc) is 2.18. The summed E-state index contributed by atoms with van der Waals surface area (Å²) in [6, 6.07) is -1.97. The number of halogens is 8. The Morgan fingerprint density at radius 2 is 1.35 bits per heavy atom. The molecule has 0 aliphatic carbocycles. The predicted octanol–water partition coefficient (Wildman–Crippen LogP) is 4.01. The van der Waals surface area contributed by atoms with Crippen LogP contribution < -0.4 is 5.73 Å². The van der Waals surface area contributed by atoms with Crippen molar-refractivity contribution < 1.29 is 35.1 Å². The second kappa shape index (κ2) is 5.19. The Balaban J connectivity index is 3.34. The predicted molar refractivity (Wildman–Crippen MR) is 53.6 cm³/mol. The molecule has 9 heteroatoms. The normalized spacial score (nSPS) is 14.8. The van der Waals surface area contributed by atoms with E-state index in [-0.39, 0.29) is 11.6 Å². The third-order valence-electron chi connectivity index (χ3n) is 2.70. The molecule has 0 bridgehead atoms. The summed E-state index contributed by atoms with van der Waals surface area (Å²) in [4.78, 5) is 0. The Hall–Kier alpha value is -1.38. The van der Waals surface area contributed by atoms with Crippen molar-refractivity contribution in [2.75, 3.05) is 0 Å². The van der Waals surface area contributed by atoms with Crippen LogP contribution in [0.3, 0.4) is 0 Å². The Morgan fingerprint density at radius 3 is 1.75 bits per heavy atom. The van der Waals surface area contributed by atoms with Gasteiger partial charge in [-0.3, -0.25) is 0 Å². The van der Waals surface area contributed by atoms with Crippen LogP contribution in [0.15, 0.2) is 12.1 Å². The summed E-state index contributed by atoms with van der Waals surface area (Å²) in [6.45, 7) is 1.07. The minimum atomic E-state index is -5.70. The smallest absolute Gasteiger partial charge is 0.323 e. The molecule has 0 radical (unpaired) electrons. The van der Waals surface area contributed by atoms with Gasteiger partial charge in [-0.15, -0.1) is 0 Å². The zero-order chi connectivity index (χ0) is 15.9. The lowest BCUT2D eigenvalue weighted by atomic mass is 9.91. The molecular weight excluding hydrogens is 298 g/mol. The highest BCUT2D eigenvalue weighted by Gasteiger charge is 2.60. The molecule has 1 aromatic rings. The van der Waals surface area contributed by atoms with E-state index in [2.05, 4.69) is 0 Å². The van der Waals surface area contributed by atoms with Gasteiger partial charge in [0.15, 0.2) is 5.92 Å². The van der Waals surface area contributed by atoms with Crippen molar-refractivity contribution in [2.24, 2.45) is 11.7 Å². The Labute approximate surface area is 108 Å². The Kier molecular flexibility index (Phi) is 4.33. The Morgan fingerprint density at radius 1 is 0.900 bits per heavy atom. The molecule has 0 aliphatic rings. The van der Waals surface area contributed by atoms with Crippen LogP contribution in [0.2, 0.25) is 0 Å². The number of aryl methyl sites for hydroxylation is 1. The molecular formula is C11H9F8N. The SMILES string of the molecule is Cc1cc(C(N)C(C(F)(F)F)C(F)(F)F)c(F)cc1F. The monoisotopic (exact) mass is 307 g/mol. The quantitative estimate of drug-likeness (QED) is 0.821. The number of rotatable bonds is 2. The summed E-state index contributed by atoms with van der Waals surface area (Å²) < 4.78 is 101. The van der Waals surface area contributed by atoms with Crippen molar-refractivity contribution in [3.05, 3.63) is 34.9 Å². The number of alkyl halides is 6.